The van der Waals surface area contributed by atoms with Crippen molar-refractivity contribution >= 4 is 16.6 Å². The van der Waals surface area contributed by atoms with Crippen LogP contribution in [-0.2, 0) is 13.0 Å². The van der Waals surface area contributed by atoms with Crippen LogP contribution in [0, 0.1) is 0 Å². The number of hydrogen-bond donors (Lipinski definition) is 2. The maximum absolute atomic E-state index is 5.77. The first-order valence-corrected chi connectivity index (χ1v) is 6.12. The van der Waals surface area contributed by atoms with Crippen LogP contribution in [0.5, 0.6) is 0 Å². The fourth-order valence-corrected chi connectivity index (χ4v) is 2.27. The molecule has 0 fully saturated rings. The Bertz CT molecular complexity index is 670. The van der Waals surface area contributed by atoms with Crippen molar-refractivity contribution in [3.63, 3.8) is 0 Å². The minimum atomic E-state index is 0.802. The minimum Gasteiger partial charge on any atom is -0.394 e. The van der Waals surface area contributed by atoms with E-state index in [-0.39, 0.29) is 0 Å². The second kappa shape index (κ2) is 4.53. The van der Waals surface area contributed by atoms with Crippen LogP contribution in [0.15, 0.2) is 55.0 Å². The zero-order valence-corrected chi connectivity index (χ0v) is 10.1. The van der Waals surface area contributed by atoms with Crippen molar-refractivity contribution < 1.29 is 4.57 Å². The van der Waals surface area contributed by atoms with E-state index < -0.39 is 0 Å². The number of aromatic amines is 1. The van der Waals surface area contributed by atoms with E-state index in [2.05, 4.69) is 40.0 Å². The third-order valence-corrected chi connectivity index (χ3v) is 3.20. The van der Waals surface area contributed by atoms with Crippen molar-refractivity contribution in [2.75, 3.05) is 5.73 Å². The van der Waals surface area contributed by atoms with Crippen LogP contribution in [0.25, 0.3) is 10.9 Å². The molecule has 0 radical (unpaired) electrons. The van der Waals surface area contributed by atoms with E-state index >= 15 is 0 Å². The average Bonchev–Trinajstić information content (AvgIpc) is 2.80. The van der Waals surface area contributed by atoms with Crippen molar-refractivity contribution in [1.29, 1.82) is 0 Å². The molecule has 0 saturated carbocycles. The summed E-state index contributed by atoms with van der Waals surface area (Å²) in [6.45, 7) is 0.937. The van der Waals surface area contributed by atoms with Crippen molar-refractivity contribution in [3.8, 4) is 0 Å². The SMILES string of the molecule is Nc1ccc[n+](CCc2c[nH]c3ccccc23)c1. The molecule has 3 aromatic rings. The smallest absolute Gasteiger partial charge is 0.191 e. The number of para-hydroxylation sites is 1. The fraction of sp³-hybridized carbons (Fsp3) is 0.133. The van der Waals surface area contributed by atoms with Crippen LogP contribution >= 0.6 is 0 Å². The van der Waals surface area contributed by atoms with Gasteiger partial charge in [-0.2, -0.15) is 0 Å². The highest BCUT2D eigenvalue weighted by Crippen LogP contribution is 2.17. The molecule has 1 aromatic carbocycles. The number of rotatable bonds is 3. The van der Waals surface area contributed by atoms with Gasteiger partial charge < -0.3 is 10.7 Å². The van der Waals surface area contributed by atoms with Crippen LogP contribution in [0.3, 0.4) is 0 Å². The predicted molar refractivity (Wildman–Crippen MR) is 73.1 cm³/mol. The normalized spacial score (nSPS) is 10.9. The van der Waals surface area contributed by atoms with Crippen molar-refractivity contribution in [3.05, 3.63) is 60.6 Å². The van der Waals surface area contributed by atoms with E-state index in [0.717, 1.165) is 18.7 Å². The molecule has 90 valence electrons. The number of benzene rings is 1. The number of pyridine rings is 1. The number of aromatic nitrogens is 2. The standard InChI is InChI=1S/C15H16N3/c16-13-4-3-8-18(11-13)9-7-12-10-17-15-6-2-1-5-14(12)15/h1-6,8,10-11,17H,7,9,16H2/q+1. The van der Waals surface area contributed by atoms with E-state index in [4.69, 9.17) is 5.73 Å². The molecule has 3 rings (SSSR count). The fourth-order valence-electron chi connectivity index (χ4n) is 2.27. The van der Waals surface area contributed by atoms with Crippen LogP contribution in [0.1, 0.15) is 5.56 Å². The maximum atomic E-state index is 5.77. The number of H-pyrrole nitrogens is 1. The van der Waals surface area contributed by atoms with Crippen LogP contribution in [0.4, 0.5) is 5.69 Å². The highest BCUT2D eigenvalue weighted by atomic mass is 14.9. The molecule has 0 bridgehead atoms. The number of nitrogen functional groups attached to an aromatic ring is 1. The van der Waals surface area contributed by atoms with Crippen LogP contribution in [-0.4, -0.2) is 4.98 Å². The third-order valence-electron chi connectivity index (χ3n) is 3.20. The molecule has 0 unspecified atom stereocenters. The summed E-state index contributed by atoms with van der Waals surface area (Å²) in [5.74, 6) is 0. The topological polar surface area (TPSA) is 45.7 Å². The minimum absolute atomic E-state index is 0.802. The van der Waals surface area contributed by atoms with Gasteiger partial charge >= 0.3 is 0 Å². The van der Waals surface area contributed by atoms with Crippen LogP contribution in [0.2, 0.25) is 0 Å². The zero-order valence-electron chi connectivity index (χ0n) is 10.1. The Balaban J connectivity index is 1.81. The van der Waals surface area contributed by atoms with Gasteiger partial charge in [0.1, 0.15) is 0 Å². The molecule has 0 aliphatic carbocycles. The van der Waals surface area contributed by atoms with Gasteiger partial charge in [-0.3, -0.25) is 0 Å². The molecule has 0 aliphatic heterocycles. The van der Waals surface area contributed by atoms with Gasteiger partial charge in [-0.25, -0.2) is 4.57 Å². The lowest BCUT2D eigenvalue weighted by atomic mass is 10.1. The first-order chi connectivity index (χ1) is 8.83. The highest BCUT2D eigenvalue weighted by molar-refractivity contribution is 5.82. The lowest BCUT2D eigenvalue weighted by Gasteiger charge is -1.98. The number of fused-ring (bicyclic) bond motifs is 1. The van der Waals surface area contributed by atoms with Crippen LogP contribution < -0.4 is 10.3 Å². The van der Waals surface area contributed by atoms with Gasteiger partial charge in [0.25, 0.3) is 0 Å². The summed E-state index contributed by atoms with van der Waals surface area (Å²) < 4.78 is 2.12. The van der Waals surface area contributed by atoms with E-state index in [1.807, 2.05) is 24.5 Å². The van der Waals surface area contributed by atoms with Crippen molar-refractivity contribution in [2.45, 2.75) is 13.0 Å². The molecule has 2 aromatic heterocycles. The van der Waals surface area contributed by atoms with Gasteiger partial charge in [0.05, 0.1) is 5.69 Å². The first kappa shape index (κ1) is 10.8. The van der Waals surface area contributed by atoms with Gasteiger partial charge in [-0.05, 0) is 17.7 Å². The lowest BCUT2D eigenvalue weighted by Crippen LogP contribution is -2.34. The molecule has 3 N–H and O–H groups in total. The number of nitrogens with zero attached hydrogens (tertiary/aromatic N) is 1. The number of nitrogens with one attached hydrogen (secondary N) is 1. The summed E-state index contributed by atoms with van der Waals surface area (Å²) in [6.07, 6.45) is 7.11. The maximum Gasteiger partial charge on any atom is 0.191 e. The molecule has 3 nitrogen and oxygen atoms in total. The summed E-state index contributed by atoms with van der Waals surface area (Å²) in [5, 5.41) is 1.31. The largest absolute Gasteiger partial charge is 0.394 e. The number of nitrogens with two attached hydrogens (primary N) is 1. The Kier molecular flexibility index (Phi) is 2.73. The van der Waals surface area contributed by atoms with E-state index in [9.17, 15) is 0 Å². The Morgan fingerprint density at radius 3 is 2.89 bits per heavy atom. The summed E-state index contributed by atoms with van der Waals surface area (Å²) in [6, 6.07) is 12.3. The van der Waals surface area contributed by atoms with Gasteiger partial charge in [0.2, 0.25) is 0 Å². The summed E-state index contributed by atoms with van der Waals surface area (Å²) in [5.41, 5.74) is 9.12. The molecule has 0 aliphatic rings. The Morgan fingerprint density at radius 2 is 2.00 bits per heavy atom. The summed E-state index contributed by atoms with van der Waals surface area (Å²) in [7, 11) is 0. The van der Waals surface area contributed by atoms with E-state index in [0.29, 0.717) is 0 Å². The molecular formula is C15H16N3+. The van der Waals surface area contributed by atoms with E-state index in [1.165, 1.54) is 16.5 Å². The third kappa shape index (κ3) is 2.07. The van der Waals surface area contributed by atoms with Gasteiger partial charge in [0.15, 0.2) is 18.9 Å². The quantitative estimate of drug-likeness (QED) is 0.676. The molecule has 0 spiro atoms. The summed E-state index contributed by atoms with van der Waals surface area (Å²) >= 11 is 0. The van der Waals surface area contributed by atoms with Gasteiger partial charge in [-0.15, -0.1) is 0 Å². The second-order valence-corrected chi connectivity index (χ2v) is 4.48. The number of anilines is 1. The number of aryl methyl sites for hydroxylation is 2. The van der Waals surface area contributed by atoms with Gasteiger partial charge in [-0.1, -0.05) is 18.2 Å². The molecular weight excluding hydrogens is 222 g/mol. The highest BCUT2D eigenvalue weighted by Gasteiger charge is 2.06. The molecule has 0 atom stereocenters. The average molecular weight is 238 g/mol. The lowest BCUT2D eigenvalue weighted by molar-refractivity contribution is -0.695. The second-order valence-electron chi connectivity index (χ2n) is 4.48. The zero-order chi connectivity index (χ0) is 12.4. The Hall–Kier alpha value is -2.29. The molecule has 2 heterocycles. The van der Waals surface area contributed by atoms with Crippen molar-refractivity contribution in [2.24, 2.45) is 0 Å². The van der Waals surface area contributed by atoms with Gasteiger partial charge in [0, 0.05) is 29.6 Å². The molecule has 18 heavy (non-hydrogen) atoms. The number of hydrogen-bond acceptors (Lipinski definition) is 1. The molecule has 0 saturated heterocycles. The molecule has 3 heteroatoms. The first-order valence-electron chi connectivity index (χ1n) is 6.12. The summed E-state index contributed by atoms with van der Waals surface area (Å²) in [4.78, 5) is 3.30. The monoisotopic (exact) mass is 238 g/mol. The van der Waals surface area contributed by atoms with Crippen molar-refractivity contribution in [1.82, 2.24) is 4.98 Å². The molecule has 0 amide bonds. The van der Waals surface area contributed by atoms with E-state index in [1.54, 1.807) is 0 Å². The Labute approximate surface area is 106 Å². The predicted octanol–water partition coefficient (Wildman–Crippen LogP) is 2.28. The Morgan fingerprint density at radius 1 is 1.11 bits per heavy atom.